The van der Waals surface area contributed by atoms with Crippen LogP contribution in [0.15, 0.2) is 24.3 Å². The van der Waals surface area contributed by atoms with Crippen LogP contribution in [0.3, 0.4) is 0 Å². The van der Waals surface area contributed by atoms with Crippen LogP contribution in [0.2, 0.25) is 0 Å². The molecule has 0 radical (unpaired) electrons. The summed E-state index contributed by atoms with van der Waals surface area (Å²) in [6, 6.07) is 6.98. The van der Waals surface area contributed by atoms with Gasteiger partial charge in [-0.2, -0.15) is 0 Å². The quantitative estimate of drug-likeness (QED) is 0.828. The third kappa shape index (κ3) is 4.34. The summed E-state index contributed by atoms with van der Waals surface area (Å²) in [4.78, 5) is 37.3. The number of likely N-dealkylation sites (tertiary alicyclic amines) is 1. The monoisotopic (exact) mass is 332 g/mol. The Kier molecular flexibility index (Phi) is 5.59. The Hall–Kier alpha value is -2.37. The van der Waals surface area contributed by atoms with Crippen molar-refractivity contribution >= 4 is 17.8 Å². The number of carbonyl (C=O) groups is 3. The van der Waals surface area contributed by atoms with Crippen molar-refractivity contribution in [3.8, 4) is 0 Å². The Labute approximate surface area is 141 Å². The molecule has 0 saturated carbocycles. The first-order valence-corrected chi connectivity index (χ1v) is 8.14. The van der Waals surface area contributed by atoms with Crippen molar-refractivity contribution in [2.24, 2.45) is 11.8 Å². The van der Waals surface area contributed by atoms with Gasteiger partial charge in [0.05, 0.1) is 5.92 Å². The topological polar surface area (TPSA) is 86.7 Å². The lowest BCUT2D eigenvalue weighted by atomic mass is 10.0. The Morgan fingerprint density at radius 2 is 1.92 bits per heavy atom. The number of aliphatic carboxylic acids is 1. The number of hydrogen-bond acceptors (Lipinski definition) is 3. The van der Waals surface area contributed by atoms with Gasteiger partial charge >= 0.3 is 5.97 Å². The molecule has 1 unspecified atom stereocenters. The van der Waals surface area contributed by atoms with E-state index < -0.39 is 17.9 Å². The zero-order chi connectivity index (χ0) is 17.9. The first-order valence-electron chi connectivity index (χ1n) is 8.14. The molecule has 1 aliphatic heterocycles. The summed E-state index contributed by atoms with van der Waals surface area (Å²) in [6.45, 7) is 6.27. The highest BCUT2D eigenvalue weighted by molar-refractivity contribution is 5.91. The van der Waals surface area contributed by atoms with Gasteiger partial charge in [0.1, 0.15) is 6.04 Å². The van der Waals surface area contributed by atoms with Gasteiger partial charge in [-0.25, -0.2) is 4.79 Å². The first kappa shape index (κ1) is 18.0. The molecule has 1 heterocycles. The highest BCUT2D eigenvalue weighted by Gasteiger charge is 2.36. The number of carboxylic acids is 1. The fraction of sp³-hybridized carbons (Fsp3) is 0.500. The predicted octanol–water partition coefficient (Wildman–Crippen LogP) is 1.57. The van der Waals surface area contributed by atoms with E-state index >= 15 is 0 Å². The minimum atomic E-state index is -1.06. The number of carboxylic acid groups (broad SMARTS) is 1. The molecule has 24 heavy (non-hydrogen) atoms. The summed E-state index contributed by atoms with van der Waals surface area (Å²) in [5, 5.41) is 11.7. The average molecular weight is 332 g/mol. The zero-order valence-electron chi connectivity index (χ0n) is 14.3. The number of rotatable bonds is 6. The van der Waals surface area contributed by atoms with Gasteiger partial charge in [0.2, 0.25) is 11.8 Å². The van der Waals surface area contributed by atoms with Gasteiger partial charge in [-0.3, -0.25) is 9.59 Å². The van der Waals surface area contributed by atoms with Crippen molar-refractivity contribution < 1.29 is 19.5 Å². The number of hydrogen-bond donors (Lipinski definition) is 2. The maximum absolute atomic E-state index is 12.3. The van der Waals surface area contributed by atoms with Crippen molar-refractivity contribution in [1.29, 1.82) is 0 Å². The molecule has 2 amide bonds. The lowest BCUT2D eigenvalue weighted by molar-refractivity contribution is -0.143. The third-order valence-electron chi connectivity index (χ3n) is 4.31. The summed E-state index contributed by atoms with van der Waals surface area (Å²) in [5.74, 6) is -2.21. The number of nitrogens with one attached hydrogen (secondary N) is 1. The van der Waals surface area contributed by atoms with E-state index in [2.05, 4.69) is 5.32 Å². The van der Waals surface area contributed by atoms with Crippen LogP contribution in [0, 0.1) is 18.8 Å². The van der Waals surface area contributed by atoms with Gasteiger partial charge in [-0.15, -0.1) is 0 Å². The Balaban J connectivity index is 1.97. The van der Waals surface area contributed by atoms with Crippen LogP contribution in [0.5, 0.6) is 0 Å². The Bertz CT molecular complexity index is 624. The van der Waals surface area contributed by atoms with E-state index in [1.165, 1.54) is 0 Å². The molecule has 6 heteroatoms. The second-order valence-corrected chi connectivity index (χ2v) is 6.73. The largest absolute Gasteiger partial charge is 0.480 e. The molecule has 130 valence electrons. The fourth-order valence-electron chi connectivity index (χ4n) is 2.80. The van der Waals surface area contributed by atoms with E-state index in [9.17, 15) is 14.4 Å². The molecule has 0 spiro atoms. The van der Waals surface area contributed by atoms with E-state index in [0.29, 0.717) is 13.1 Å². The molecule has 2 rings (SSSR count). The van der Waals surface area contributed by atoms with Gasteiger partial charge in [0, 0.05) is 19.5 Å². The van der Waals surface area contributed by atoms with E-state index in [1.807, 2.05) is 31.2 Å². The van der Waals surface area contributed by atoms with Gasteiger partial charge in [0.15, 0.2) is 0 Å². The molecule has 0 aromatic heterocycles. The van der Waals surface area contributed by atoms with Gasteiger partial charge in [0.25, 0.3) is 0 Å². The number of amides is 2. The molecule has 0 bridgehead atoms. The second-order valence-electron chi connectivity index (χ2n) is 6.73. The van der Waals surface area contributed by atoms with Crippen molar-refractivity contribution in [2.45, 2.75) is 39.8 Å². The van der Waals surface area contributed by atoms with E-state index in [4.69, 9.17) is 5.11 Å². The Morgan fingerprint density at radius 3 is 2.46 bits per heavy atom. The average Bonchev–Trinajstić information content (AvgIpc) is 2.87. The molecule has 6 nitrogen and oxygen atoms in total. The van der Waals surface area contributed by atoms with Crippen LogP contribution in [-0.4, -0.2) is 40.4 Å². The zero-order valence-corrected chi connectivity index (χ0v) is 14.3. The Morgan fingerprint density at radius 1 is 1.29 bits per heavy atom. The second kappa shape index (κ2) is 7.47. The minimum Gasteiger partial charge on any atom is -0.480 e. The third-order valence-corrected chi connectivity index (χ3v) is 4.31. The molecule has 1 aliphatic rings. The molecule has 1 aromatic carbocycles. The van der Waals surface area contributed by atoms with E-state index in [1.54, 1.807) is 18.7 Å². The highest BCUT2D eigenvalue weighted by Crippen LogP contribution is 2.21. The maximum atomic E-state index is 12.3. The summed E-state index contributed by atoms with van der Waals surface area (Å²) in [6.07, 6.45) is 0.127. The summed E-state index contributed by atoms with van der Waals surface area (Å²) >= 11 is 0. The van der Waals surface area contributed by atoms with E-state index in [0.717, 1.165) is 11.1 Å². The molecular weight excluding hydrogens is 308 g/mol. The number of nitrogens with zero attached hydrogens (tertiary/aromatic N) is 1. The summed E-state index contributed by atoms with van der Waals surface area (Å²) in [5.41, 5.74) is 2.16. The van der Waals surface area contributed by atoms with Crippen molar-refractivity contribution in [3.05, 3.63) is 35.4 Å². The highest BCUT2D eigenvalue weighted by atomic mass is 16.4. The number of aryl methyl sites for hydroxylation is 1. The lowest BCUT2D eigenvalue weighted by Gasteiger charge is -2.20. The van der Waals surface area contributed by atoms with Crippen LogP contribution in [0.4, 0.5) is 0 Å². The molecular formula is C18H24N2O4. The number of carbonyl (C=O) groups excluding carboxylic acids is 2. The molecule has 1 aromatic rings. The maximum Gasteiger partial charge on any atom is 0.326 e. The smallest absolute Gasteiger partial charge is 0.326 e. The summed E-state index contributed by atoms with van der Waals surface area (Å²) < 4.78 is 0. The van der Waals surface area contributed by atoms with Crippen LogP contribution in [0.1, 0.15) is 31.4 Å². The van der Waals surface area contributed by atoms with Gasteiger partial charge in [-0.05, 0) is 18.4 Å². The SMILES string of the molecule is Cc1ccc(CN2CC(C(=O)N[C@H](C(=O)O)C(C)C)CC2=O)cc1. The van der Waals surface area contributed by atoms with Gasteiger partial charge < -0.3 is 15.3 Å². The molecule has 0 aliphatic carbocycles. The van der Waals surface area contributed by atoms with Crippen molar-refractivity contribution in [2.75, 3.05) is 6.54 Å². The molecule has 2 atom stereocenters. The predicted molar refractivity (Wildman–Crippen MR) is 89.1 cm³/mol. The molecule has 1 saturated heterocycles. The van der Waals surface area contributed by atoms with Crippen LogP contribution in [0.25, 0.3) is 0 Å². The van der Waals surface area contributed by atoms with Gasteiger partial charge in [-0.1, -0.05) is 43.7 Å². The van der Waals surface area contributed by atoms with Crippen LogP contribution < -0.4 is 5.32 Å². The van der Waals surface area contributed by atoms with Crippen LogP contribution >= 0.6 is 0 Å². The van der Waals surface area contributed by atoms with E-state index in [-0.39, 0.29) is 24.2 Å². The minimum absolute atomic E-state index is 0.0767. The molecule has 2 N–H and O–H groups in total. The summed E-state index contributed by atoms with van der Waals surface area (Å²) in [7, 11) is 0. The number of benzene rings is 1. The van der Waals surface area contributed by atoms with Crippen molar-refractivity contribution in [3.63, 3.8) is 0 Å². The van der Waals surface area contributed by atoms with Crippen LogP contribution in [-0.2, 0) is 20.9 Å². The normalized spacial score (nSPS) is 18.8. The standard InChI is InChI=1S/C18H24N2O4/c1-11(2)16(18(23)24)19-17(22)14-8-15(21)20(10-14)9-13-6-4-12(3)5-7-13/h4-7,11,14,16H,8-10H2,1-3H3,(H,19,22)(H,23,24)/t14?,16-/m0/s1. The molecule has 1 fully saturated rings. The lowest BCUT2D eigenvalue weighted by Crippen LogP contribution is -2.47. The fourth-order valence-corrected chi connectivity index (χ4v) is 2.80. The van der Waals surface area contributed by atoms with Crippen molar-refractivity contribution in [1.82, 2.24) is 10.2 Å². The first-order chi connectivity index (χ1) is 11.3.